The van der Waals surface area contributed by atoms with Crippen molar-refractivity contribution in [3.05, 3.63) is 69.8 Å². The van der Waals surface area contributed by atoms with Crippen molar-refractivity contribution < 1.29 is 14.6 Å². The normalized spacial score (nSPS) is 15.2. The SMILES string of the molecule is COc1ccc(C[NH+](Cc2ccc([N+](=O)[O-])cc2)C2CC2)cc1. The molecule has 0 aromatic heterocycles. The second kappa shape index (κ2) is 6.79. The number of rotatable bonds is 7. The maximum Gasteiger partial charge on any atom is 0.269 e. The molecule has 5 nitrogen and oxygen atoms in total. The van der Waals surface area contributed by atoms with Gasteiger partial charge in [-0.05, 0) is 36.4 Å². The van der Waals surface area contributed by atoms with Gasteiger partial charge in [0.1, 0.15) is 18.8 Å². The van der Waals surface area contributed by atoms with Gasteiger partial charge in [0.15, 0.2) is 0 Å². The van der Waals surface area contributed by atoms with E-state index in [1.807, 2.05) is 24.3 Å². The van der Waals surface area contributed by atoms with Crippen LogP contribution in [0.4, 0.5) is 5.69 Å². The average molecular weight is 313 g/mol. The van der Waals surface area contributed by atoms with E-state index in [0.717, 1.165) is 24.4 Å². The number of nitrogens with zero attached hydrogens (tertiary/aromatic N) is 1. The van der Waals surface area contributed by atoms with E-state index in [9.17, 15) is 10.1 Å². The summed E-state index contributed by atoms with van der Waals surface area (Å²) in [5.74, 6) is 0.872. The quantitative estimate of drug-likeness (QED) is 0.630. The Bertz CT molecular complexity index is 664. The van der Waals surface area contributed by atoms with Crippen LogP contribution in [-0.2, 0) is 13.1 Å². The Kier molecular flexibility index (Phi) is 4.57. The fourth-order valence-corrected chi connectivity index (χ4v) is 2.85. The Balaban J connectivity index is 1.67. The molecule has 0 amide bonds. The number of hydrogen-bond donors (Lipinski definition) is 1. The molecule has 0 saturated heterocycles. The number of methoxy groups -OCH3 is 1. The van der Waals surface area contributed by atoms with Crippen LogP contribution in [0.3, 0.4) is 0 Å². The molecule has 0 radical (unpaired) electrons. The summed E-state index contributed by atoms with van der Waals surface area (Å²) in [5, 5.41) is 10.7. The Morgan fingerprint density at radius 3 is 2.00 bits per heavy atom. The number of ether oxygens (including phenoxy) is 1. The van der Waals surface area contributed by atoms with Crippen LogP contribution in [0.15, 0.2) is 48.5 Å². The van der Waals surface area contributed by atoms with Crippen LogP contribution in [0, 0.1) is 10.1 Å². The molecule has 0 aliphatic heterocycles. The molecule has 1 aliphatic carbocycles. The van der Waals surface area contributed by atoms with Gasteiger partial charge < -0.3 is 9.64 Å². The van der Waals surface area contributed by atoms with Gasteiger partial charge in [0, 0.05) is 36.1 Å². The van der Waals surface area contributed by atoms with E-state index in [-0.39, 0.29) is 10.6 Å². The Morgan fingerprint density at radius 2 is 1.57 bits per heavy atom. The van der Waals surface area contributed by atoms with E-state index in [0.29, 0.717) is 6.04 Å². The Labute approximate surface area is 135 Å². The first-order valence-electron chi connectivity index (χ1n) is 7.86. The molecule has 1 aliphatic rings. The lowest BCUT2D eigenvalue weighted by atomic mass is 10.1. The zero-order valence-corrected chi connectivity index (χ0v) is 13.2. The molecule has 5 heteroatoms. The first-order valence-corrected chi connectivity index (χ1v) is 7.86. The summed E-state index contributed by atoms with van der Waals surface area (Å²) in [6, 6.07) is 15.8. The lowest BCUT2D eigenvalue weighted by Gasteiger charge is -2.19. The van der Waals surface area contributed by atoms with Gasteiger partial charge in [-0.25, -0.2) is 0 Å². The third-order valence-electron chi connectivity index (χ3n) is 4.32. The molecule has 1 fully saturated rings. The second-order valence-electron chi connectivity index (χ2n) is 6.06. The van der Waals surface area contributed by atoms with Crippen molar-refractivity contribution in [2.75, 3.05) is 7.11 Å². The molecule has 2 aromatic carbocycles. The molecule has 1 N–H and O–H groups in total. The van der Waals surface area contributed by atoms with E-state index >= 15 is 0 Å². The zero-order valence-electron chi connectivity index (χ0n) is 13.2. The standard InChI is InChI=1S/C18H20N2O3/c1-23-18-10-4-15(5-11-18)13-19(16-8-9-16)12-14-2-6-17(7-3-14)20(21)22/h2-7,10-11,16H,8-9,12-13H2,1H3/p+1. The number of hydrogen-bond acceptors (Lipinski definition) is 3. The third kappa shape index (κ3) is 4.07. The van der Waals surface area contributed by atoms with Crippen molar-refractivity contribution in [2.45, 2.75) is 32.0 Å². The summed E-state index contributed by atoms with van der Waals surface area (Å²) in [4.78, 5) is 11.9. The largest absolute Gasteiger partial charge is 0.497 e. The lowest BCUT2D eigenvalue weighted by molar-refractivity contribution is -0.938. The highest BCUT2D eigenvalue weighted by Gasteiger charge is 2.33. The van der Waals surface area contributed by atoms with Gasteiger partial charge in [-0.15, -0.1) is 0 Å². The maximum atomic E-state index is 10.7. The van der Waals surface area contributed by atoms with Gasteiger partial charge in [-0.2, -0.15) is 0 Å². The number of nitrogens with one attached hydrogen (secondary N) is 1. The van der Waals surface area contributed by atoms with Crippen molar-refractivity contribution in [2.24, 2.45) is 0 Å². The molecule has 1 atom stereocenters. The topological polar surface area (TPSA) is 56.8 Å². The number of nitro benzene ring substituents is 1. The van der Waals surface area contributed by atoms with Crippen LogP contribution in [0.2, 0.25) is 0 Å². The van der Waals surface area contributed by atoms with Gasteiger partial charge >= 0.3 is 0 Å². The van der Waals surface area contributed by atoms with Crippen LogP contribution < -0.4 is 9.64 Å². The zero-order chi connectivity index (χ0) is 16.2. The van der Waals surface area contributed by atoms with E-state index < -0.39 is 0 Å². The third-order valence-corrected chi connectivity index (χ3v) is 4.32. The molecular weight excluding hydrogens is 292 g/mol. The first-order chi connectivity index (χ1) is 11.2. The minimum absolute atomic E-state index is 0.150. The predicted octanol–water partition coefficient (Wildman–Crippen LogP) is 2.35. The summed E-state index contributed by atoms with van der Waals surface area (Å²) in [6.07, 6.45) is 2.52. The highest BCUT2D eigenvalue weighted by atomic mass is 16.6. The predicted molar refractivity (Wildman–Crippen MR) is 87.5 cm³/mol. The van der Waals surface area contributed by atoms with E-state index in [1.165, 1.54) is 23.3 Å². The van der Waals surface area contributed by atoms with Crippen molar-refractivity contribution in [3.8, 4) is 5.75 Å². The van der Waals surface area contributed by atoms with Crippen LogP contribution in [0.1, 0.15) is 24.0 Å². The van der Waals surface area contributed by atoms with E-state index in [1.54, 1.807) is 19.2 Å². The van der Waals surface area contributed by atoms with Gasteiger partial charge in [0.25, 0.3) is 5.69 Å². The molecule has 1 unspecified atom stereocenters. The molecule has 2 aromatic rings. The number of benzene rings is 2. The summed E-state index contributed by atoms with van der Waals surface area (Å²) < 4.78 is 5.20. The molecule has 0 spiro atoms. The van der Waals surface area contributed by atoms with Crippen LogP contribution in [0.25, 0.3) is 0 Å². The molecule has 0 heterocycles. The molecular formula is C18H21N2O3+. The molecule has 1 saturated carbocycles. The van der Waals surface area contributed by atoms with E-state index in [2.05, 4.69) is 12.1 Å². The van der Waals surface area contributed by atoms with Gasteiger partial charge in [-0.3, -0.25) is 10.1 Å². The lowest BCUT2D eigenvalue weighted by Crippen LogP contribution is -3.10. The smallest absolute Gasteiger partial charge is 0.269 e. The molecule has 0 bridgehead atoms. The maximum absolute atomic E-state index is 10.7. The van der Waals surface area contributed by atoms with Crippen LogP contribution in [-0.4, -0.2) is 18.1 Å². The minimum atomic E-state index is -0.355. The molecule has 23 heavy (non-hydrogen) atoms. The molecule has 3 rings (SSSR count). The van der Waals surface area contributed by atoms with Crippen molar-refractivity contribution in [3.63, 3.8) is 0 Å². The highest BCUT2D eigenvalue weighted by Crippen LogP contribution is 2.18. The van der Waals surface area contributed by atoms with Gasteiger partial charge in [0.05, 0.1) is 18.1 Å². The fraction of sp³-hybridized carbons (Fsp3) is 0.333. The van der Waals surface area contributed by atoms with Crippen molar-refractivity contribution in [1.82, 2.24) is 0 Å². The second-order valence-corrected chi connectivity index (χ2v) is 6.06. The monoisotopic (exact) mass is 313 g/mol. The summed E-state index contributed by atoms with van der Waals surface area (Å²) in [5.41, 5.74) is 2.58. The first kappa shape index (κ1) is 15.5. The van der Waals surface area contributed by atoms with Gasteiger partial charge in [-0.1, -0.05) is 0 Å². The summed E-state index contributed by atoms with van der Waals surface area (Å²) >= 11 is 0. The number of non-ortho nitro benzene ring substituents is 1. The number of quaternary nitrogens is 1. The minimum Gasteiger partial charge on any atom is -0.497 e. The highest BCUT2D eigenvalue weighted by molar-refractivity contribution is 5.32. The van der Waals surface area contributed by atoms with Crippen LogP contribution in [0.5, 0.6) is 5.75 Å². The Morgan fingerprint density at radius 1 is 1.04 bits per heavy atom. The number of nitro groups is 1. The summed E-state index contributed by atoms with van der Waals surface area (Å²) in [7, 11) is 1.67. The van der Waals surface area contributed by atoms with Crippen molar-refractivity contribution >= 4 is 5.69 Å². The van der Waals surface area contributed by atoms with Crippen LogP contribution >= 0.6 is 0 Å². The van der Waals surface area contributed by atoms with Gasteiger partial charge in [0.2, 0.25) is 0 Å². The van der Waals surface area contributed by atoms with E-state index in [4.69, 9.17) is 4.74 Å². The fourth-order valence-electron chi connectivity index (χ4n) is 2.85. The Hall–Kier alpha value is -2.40. The summed E-state index contributed by atoms with van der Waals surface area (Å²) in [6.45, 7) is 1.86. The molecule has 120 valence electrons. The average Bonchev–Trinajstić information content (AvgIpc) is 3.40. The van der Waals surface area contributed by atoms with Crippen molar-refractivity contribution in [1.29, 1.82) is 0 Å².